The van der Waals surface area contributed by atoms with Gasteiger partial charge in [-0.25, -0.2) is 0 Å². The maximum Gasteiger partial charge on any atom is 0.322 e. The van der Waals surface area contributed by atoms with Crippen molar-refractivity contribution in [2.24, 2.45) is 4.36 Å². The molecule has 0 aliphatic rings. The summed E-state index contributed by atoms with van der Waals surface area (Å²) in [5.41, 5.74) is 0. The molecule has 0 saturated heterocycles. The van der Waals surface area contributed by atoms with Gasteiger partial charge in [-0.2, -0.15) is 19.3 Å². The van der Waals surface area contributed by atoms with Gasteiger partial charge in [-0.3, -0.25) is 0 Å². The largest absolute Gasteiger partial charge is 0.463 e. The van der Waals surface area contributed by atoms with E-state index in [0.717, 1.165) is 16.2 Å². The molecule has 0 spiro atoms. The molecule has 0 atom stereocenters. The number of benzene rings is 2. The first-order chi connectivity index (χ1) is 12.3. The Morgan fingerprint density at radius 1 is 0.920 bits per heavy atom. The zero-order chi connectivity index (χ0) is 17.5. The van der Waals surface area contributed by atoms with Crippen molar-refractivity contribution in [3.8, 4) is 6.01 Å². The lowest BCUT2D eigenvalue weighted by Gasteiger charge is -2.09. The summed E-state index contributed by atoms with van der Waals surface area (Å²) in [6.07, 6.45) is 0.855. The topological polar surface area (TPSA) is 60.3 Å². The Hall–Kier alpha value is -2.31. The van der Waals surface area contributed by atoms with Gasteiger partial charge in [0.05, 0.1) is 6.61 Å². The first-order valence-electron chi connectivity index (χ1n) is 7.87. The van der Waals surface area contributed by atoms with Crippen molar-refractivity contribution in [2.75, 3.05) is 6.61 Å². The summed E-state index contributed by atoms with van der Waals surface area (Å²) in [5.74, 6) is 0.266. The molecule has 1 heterocycles. The van der Waals surface area contributed by atoms with Crippen LogP contribution in [0.2, 0.25) is 5.28 Å². The van der Waals surface area contributed by atoms with Gasteiger partial charge in [0.1, 0.15) is 0 Å². The molecule has 0 amide bonds. The lowest BCUT2D eigenvalue weighted by Crippen LogP contribution is -2.01. The molecule has 7 heteroatoms. The van der Waals surface area contributed by atoms with Gasteiger partial charge in [0.2, 0.25) is 5.28 Å². The number of ether oxygens (including phenoxy) is 1. The van der Waals surface area contributed by atoms with Crippen LogP contribution in [0.25, 0.3) is 0 Å². The summed E-state index contributed by atoms with van der Waals surface area (Å²) in [6.45, 7) is 2.53. The fourth-order valence-corrected chi connectivity index (χ4v) is 3.75. The molecule has 0 N–H and O–H groups in total. The molecule has 0 bridgehead atoms. The molecule has 0 aliphatic heterocycles. The third-order valence-electron chi connectivity index (χ3n) is 3.12. The van der Waals surface area contributed by atoms with Crippen LogP contribution in [0.4, 0.5) is 5.95 Å². The lowest BCUT2D eigenvalue weighted by atomic mass is 10.4. The number of halogens is 1. The highest BCUT2D eigenvalue weighted by Gasteiger charge is 2.09. The number of rotatable bonds is 6. The average Bonchev–Trinajstić information content (AvgIpc) is 2.65. The lowest BCUT2D eigenvalue weighted by molar-refractivity contribution is 0.291. The number of aromatic nitrogens is 3. The van der Waals surface area contributed by atoms with Crippen molar-refractivity contribution in [1.29, 1.82) is 0 Å². The highest BCUT2D eigenvalue weighted by molar-refractivity contribution is 7.87. The number of hydrogen-bond donors (Lipinski definition) is 0. The highest BCUT2D eigenvalue weighted by Crippen LogP contribution is 2.23. The predicted molar refractivity (Wildman–Crippen MR) is 99.5 cm³/mol. The minimum Gasteiger partial charge on any atom is -0.463 e. The molecular weight excluding hydrogens is 356 g/mol. The molecule has 0 radical (unpaired) electrons. The van der Waals surface area contributed by atoms with Gasteiger partial charge < -0.3 is 4.74 Å². The van der Waals surface area contributed by atoms with Crippen LogP contribution in [-0.2, 0) is 10.7 Å². The fourth-order valence-electron chi connectivity index (χ4n) is 2.04. The van der Waals surface area contributed by atoms with Gasteiger partial charge >= 0.3 is 6.01 Å². The van der Waals surface area contributed by atoms with E-state index in [1.807, 2.05) is 67.6 Å². The zero-order valence-corrected chi connectivity index (χ0v) is 15.2. The summed E-state index contributed by atoms with van der Waals surface area (Å²) in [5, 5.41) is 0.0736. The van der Waals surface area contributed by atoms with Gasteiger partial charge in [-0.05, 0) is 53.0 Å². The van der Waals surface area contributed by atoms with Crippen LogP contribution < -0.4 is 4.74 Å². The van der Waals surface area contributed by atoms with Gasteiger partial charge in [0.25, 0.3) is 5.95 Å². The molecule has 0 fully saturated rings. The van der Waals surface area contributed by atoms with Crippen LogP contribution in [0.15, 0.2) is 74.8 Å². The summed E-state index contributed by atoms with van der Waals surface area (Å²) in [7, 11) is -0.566. The van der Waals surface area contributed by atoms with E-state index in [9.17, 15) is 0 Å². The number of hydrogen-bond acceptors (Lipinski definition) is 5. The molecule has 3 rings (SSSR count). The molecule has 2 aromatic carbocycles. The Labute approximate surface area is 154 Å². The summed E-state index contributed by atoms with van der Waals surface area (Å²) >= 11 is 6.01. The molecule has 0 unspecified atom stereocenters. The Morgan fingerprint density at radius 3 is 2.08 bits per heavy atom. The van der Waals surface area contributed by atoms with Gasteiger partial charge in [-0.1, -0.05) is 43.3 Å². The summed E-state index contributed by atoms with van der Waals surface area (Å²) in [6, 6.07) is 20.3. The molecule has 0 aliphatic carbocycles. The Morgan fingerprint density at radius 2 is 1.52 bits per heavy atom. The first-order valence-corrected chi connectivity index (χ1v) is 9.43. The van der Waals surface area contributed by atoms with Crippen molar-refractivity contribution in [3.05, 3.63) is 65.9 Å². The minimum absolute atomic E-state index is 0.0736. The second-order valence-electron chi connectivity index (χ2n) is 5.04. The minimum atomic E-state index is -0.566. The first kappa shape index (κ1) is 17.5. The van der Waals surface area contributed by atoms with E-state index >= 15 is 0 Å². The van der Waals surface area contributed by atoms with Crippen molar-refractivity contribution >= 4 is 28.2 Å². The van der Waals surface area contributed by atoms with Crippen molar-refractivity contribution < 1.29 is 4.74 Å². The third-order valence-corrected chi connectivity index (χ3v) is 5.07. The van der Waals surface area contributed by atoms with Crippen LogP contribution in [-0.4, -0.2) is 21.6 Å². The van der Waals surface area contributed by atoms with E-state index in [4.69, 9.17) is 20.7 Å². The van der Waals surface area contributed by atoms with E-state index in [1.54, 1.807) is 0 Å². The maximum absolute atomic E-state index is 6.01. The van der Waals surface area contributed by atoms with Crippen molar-refractivity contribution in [3.63, 3.8) is 0 Å². The number of nitrogens with zero attached hydrogens (tertiary/aromatic N) is 4. The molecule has 0 saturated carbocycles. The van der Waals surface area contributed by atoms with Gasteiger partial charge in [0.15, 0.2) is 0 Å². The van der Waals surface area contributed by atoms with E-state index < -0.39 is 10.7 Å². The highest BCUT2D eigenvalue weighted by atomic mass is 35.5. The molecular formula is C18H17ClN4OS. The molecule has 128 valence electrons. The van der Waals surface area contributed by atoms with E-state index in [1.165, 1.54) is 0 Å². The predicted octanol–water partition coefficient (Wildman–Crippen LogP) is 4.87. The second kappa shape index (κ2) is 8.69. The SMILES string of the molecule is CCCOc1nc(Cl)nc(N=S(c2ccccc2)c2ccccc2)n1. The quantitative estimate of drug-likeness (QED) is 0.619. The van der Waals surface area contributed by atoms with Crippen LogP contribution >= 0.6 is 11.6 Å². The van der Waals surface area contributed by atoms with E-state index in [-0.39, 0.29) is 17.2 Å². The Bertz CT molecular complexity index is 818. The Kier molecular flexibility index (Phi) is 6.09. The maximum atomic E-state index is 6.01. The summed E-state index contributed by atoms with van der Waals surface area (Å²) in [4.78, 5) is 14.5. The molecule has 5 nitrogen and oxygen atoms in total. The van der Waals surface area contributed by atoms with Crippen LogP contribution in [0, 0.1) is 0 Å². The standard InChI is InChI=1S/C18H17ClN4OS/c1-2-13-24-18-21-16(19)20-17(22-18)23-25(14-9-5-3-6-10-14)15-11-7-4-8-12-15/h3-12H,2,13H2,1H3. The average molecular weight is 373 g/mol. The third kappa shape index (κ3) is 4.84. The van der Waals surface area contributed by atoms with Crippen molar-refractivity contribution in [1.82, 2.24) is 15.0 Å². The second-order valence-corrected chi connectivity index (χ2v) is 7.07. The summed E-state index contributed by atoms with van der Waals surface area (Å²) < 4.78 is 10.2. The van der Waals surface area contributed by atoms with Crippen LogP contribution in [0.1, 0.15) is 13.3 Å². The van der Waals surface area contributed by atoms with Crippen molar-refractivity contribution in [2.45, 2.75) is 23.1 Å². The molecule has 1 aromatic heterocycles. The van der Waals surface area contributed by atoms with E-state index in [2.05, 4.69) is 15.0 Å². The smallest absolute Gasteiger partial charge is 0.322 e. The van der Waals surface area contributed by atoms with Crippen LogP contribution in [0.3, 0.4) is 0 Å². The van der Waals surface area contributed by atoms with Gasteiger partial charge in [0, 0.05) is 9.79 Å². The van der Waals surface area contributed by atoms with Crippen LogP contribution in [0.5, 0.6) is 6.01 Å². The fraction of sp³-hybridized carbons (Fsp3) is 0.167. The monoisotopic (exact) mass is 372 g/mol. The van der Waals surface area contributed by atoms with Gasteiger partial charge in [-0.15, -0.1) is 0 Å². The molecule has 25 heavy (non-hydrogen) atoms. The Balaban J connectivity index is 2.06. The zero-order valence-electron chi connectivity index (χ0n) is 13.7. The molecule has 3 aromatic rings. The normalized spacial score (nSPS) is 10.7. The van der Waals surface area contributed by atoms with E-state index in [0.29, 0.717) is 6.61 Å².